The number of fused-ring (bicyclic) bond motifs is 1. The molecule has 0 fully saturated rings. The molecule has 5 heteroatoms. The fraction of sp³-hybridized carbons (Fsp3) is 0.250. The molecule has 2 aromatic carbocycles. The largest absolute Gasteiger partial charge is 0.497 e. The zero-order valence-corrected chi connectivity index (χ0v) is 13.8. The van der Waals surface area contributed by atoms with Crippen LogP contribution in [0.25, 0.3) is 0 Å². The Morgan fingerprint density at radius 2 is 2.05 bits per heavy atom. The predicted octanol–water partition coefficient (Wildman–Crippen LogP) is 4.63. The molecule has 1 aliphatic rings. The monoisotopic (exact) mass is 367 g/mol. The summed E-state index contributed by atoms with van der Waals surface area (Å²) in [6.45, 7) is 0. The Bertz CT molecular complexity index is 677. The van der Waals surface area contributed by atoms with Crippen molar-refractivity contribution in [3.05, 3.63) is 57.0 Å². The van der Waals surface area contributed by atoms with Gasteiger partial charge in [0.05, 0.1) is 7.11 Å². The van der Waals surface area contributed by atoms with E-state index in [1.807, 2.05) is 36.4 Å². The number of halogens is 2. The Morgan fingerprint density at radius 1 is 1.24 bits per heavy atom. The van der Waals surface area contributed by atoms with Crippen LogP contribution in [-0.4, -0.2) is 7.11 Å². The first kappa shape index (κ1) is 14.7. The molecule has 2 N–H and O–H groups in total. The highest BCUT2D eigenvalue weighted by Crippen LogP contribution is 2.43. The van der Waals surface area contributed by atoms with Crippen LogP contribution in [0.3, 0.4) is 0 Å². The number of benzene rings is 2. The van der Waals surface area contributed by atoms with Gasteiger partial charge in [0.25, 0.3) is 0 Å². The van der Waals surface area contributed by atoms with E-state index < -0.39 is 0 Å². The molecule has 0 bridgehead atoms. The van der Waals surface area contributed by atoms with Crippen molar-refractivity contribution in [2.24, 2.45) is 5.73 Å². The SMILES string of the molecule is COc1ccc2c(c1)C(N)CC(c1cc(Br)ccc1Cl)O2. The molecule has 21 heavy (non-hydrogen) atoms. The first-order valence-electron chi connectivity index (χ1n) is 6.63. The summed E-state index contributed by atoms with van der Waals surface area (Å²) in [5.74, 6) is 1.57. The molecule has 0 saturated heterocycles. The molecule has 1 heterocycles. The van der Waals surface area contributed by atoms with Crippen molar-refractivity contribution in [2.45, 2.75) is 18.6 Å². The smallest absolute Gasteiger partial charge is 0.127 e. The third-order valence-corrected chi connectivity index (χ3v) is 4.50. The molecule has 0 radical (unpaired) electrons. The van der Waals surface area contributed by atoms with Crippen molar-refractivity contribution in [1.82, 2.24) is 0 Å². The van der Waals surface area contributed by atoms with Gasteiger partial charge in [-0.3, -0.25) is 0 Å². The predicted molar refractivity (Wildman–Crippen MR) is 87.1 cm³/mol. The fourth-order valence-electron chi connectivity index (χ4n) is 2.56. The lowest BCUT2D eigenvalue weighted by molar-refractivity contribution is 0.161. The highest BCUT2D eigenvalue weighted by Gasteiger charge is 2.28. The van der Waals surface area contributed by atoms with E-state index in [2.05, 4.69) is 15.9 Å². The molecule has 0 amide bonds. The Morgan fingerprint density at radius 3 is 2.81 bits per heavy atom. The standard InChI is InChI=1S/C16H15BrClNO2/c1-20-10-3-5-15-12(7-10)14(19)8-16(21-15)11-6-9(17)2-4-13(11)18/h2-7,14,16H,8,19H2,1H3. The van der Waals surface area contributed by atoms with Gasteiger partial charge in [-0.2, -0.15) is 0 Å². The first-order valence-corrected chi connectivity index (χ1v) is 7.80. The van der Waals surface area contributed by atoms with Crippen LogP contribution in [0.15, 0.2) is 40.9 Å². The average Bonchev–Trinajstić information content (AvgIpc) is 2.49. The van der Waals surface area contributed by atoms with E-state index >= 15 is 0 Å². The van der Waals surface area contributed by atoms with Crippen molar-refractivity contribution >= 4 is 27.5 Å². The summed E-state index contributed by atoms with van der Waals surface area (Å²) in [6, 6.07) is 11.3. The van der Waals surface area contributed by atoms with Crippen LogP contribution in [0.5, 0.6) is 11.5 Å². The molecule has 1 aliphatic heterocycles. The zero-order valence-electron chi connectivity index (χ0n) is 11.5. The number of hydrogen-bond acceptors (Lipinski definition) is 3. The molecule has 2 aromatic rings. The van der Waals surface area contributed by atoms with Crippen molar-refractivity contribution < 1.29 is 9.47 Å². The van der Waals surface area contributed by atoms with E-state index in [-0.39, 0.29) is 12.1 Å². The average molecular weight is 369 g/mol. The molecular formula is C16H15BrClNO2. The van der Waals surface area contributed by atoms with Gasteiger partial charge in [-0.1, -0.05) is 27.5 Å². The molecular weight excluding hydrogens is 354 g/mol. The molecule has 2 unspecified atom stereocenters. The second kappa shape index (κ2) is 5.87. The van der Waals surface area contributed by atoms with Crippen LogP contribution in [0.2, 0.25) is 5.02 Å². The lowest BCUT2D eigenvalue weighted by Gasteiger charge is -2.31. The van der Waals surface area contributed by atoms with Crippen molar-refractivity contribution in [3.63, 3.8) is 0 Å². The Labute approximate surface area is 137 Å². The summed E-state index contributed by atoms with van der Waals surface area (Å²) in [5, 5.41) is 0.687. The van der Waals surface area contributed by atoms with Gasteiger partial charge in [0.2, 0.25) is 0 Å². The van der Waals surface area contributed by atoms with Crippen LogP contribution in [-0.2, 0) is 0 Å². The maximum atomic E-state index is 6.30. The fourth-order valence-corrected chi connectivity index (χ4v) is 3.18. The summed E-state index contributed by atoms with van der Waals surface area (Å²) >= 11 is 9.76. The van der Waals surface area contributed by atoms with E-state index in [4.69, 9.17) is 26.8 Å². The van der Waals surface area contributed by atoms with E-state index in [9.17, 15) is 0 Å². The molecule has 3 nitrogen and oxygen atoms in total. The van der Waals surface area contributed by atoms with Gasteiger partial charge in [0, 0.05) is 33.1 Å². The van der Waals surface area contributed by atoms with Crippen LogP contribution in [0.1, 0.15) is 29.7 Å². The normalized spacial score (nSPS) is 20.6. The van der Waals surface area contributed by atoms with Gasteiger partial charge < -0.3 is 15.2 Å². The Balaban J connectivity index is 1.96. The first-order chi connectivity index (χ1) is 10.1. The van der Waals surface area contributed by atoms with E-state index in [0.717, 1.165) is 27.1 Å². The summed E-state index contributed by atoms with van der Waals surface area (Å²) < 4.78 is 12.3. The van der Waals surface area contributed by atoms with Crippen molar-refractivity contribution in [2.75, 3.05) is 7.11 Å². The van der Waals surface area contributed by atoms with Gasteiger partial charge in [-0.25, -0.2) is 0 Å². The molecule has 3 rings (SSSR count). The van der Waals surface area contributed by atoms with Gasteiger partial charge >= 0.3 is 0 Å². The highest BCUT2D eigenvalue weighted by molar-refractivity contribution is 9.10. The minimum absolute atomic E-state index is 0.108. The van der Waals surface area contributed by atoms with Crippen molar-refractivity contribution in [1.29, 1.82) is 0 Å². The van der Waals surface area contributed by atoms with Gasteiger partial charge in [0.1, 0.15) is 17.6 Å². The number of ether oxygens (including phenoxy) is 2. The number of methoxy groups -OCH3 is 1. The van der Waals surface area contributed by atoms with Crippen LogP contribution in [0.4, 0.5) is 0 Å². The Hall–Kier alpha value is -1.23. The van der Waals surface area contributed by atoms with E-state index in [1.165, 1.54) is 0 Å². The summed E-state index contributed by atoms with van der Waals surface area (Å²) in [7, 11) is 1.64. The molecule has 2 atom stereocenters. The van der Waals surface area contributed by atoms with Gasteiger partial charge in [-0.15, -0.1) is 0 Å². The van der Waals surface area contributed by atoms with Crippen LogP contribution >= 0.6 is 27.5 Å². The summed E-state index contributed by atoms with van der Waals surface area (Å²) in [5.41, 5.74) is 8.21. The summed E-state index contributed by atoms with van der Waals surface area (Å²) in [6.07, 6.45) is 0.530. The van der Waals surface area contributed by atoms with E-state index in [1.54, 1.807) is 7.11 Å². The van der Waals surface area contributed by atoms with E-state index in [0.29, 0.717) is 11.4 Å². The van der Waals surface area contributed by atoms with Crippen LogP contribution < -0.4 is 15.2 Å². The molecule has 0 aliphatic carbocycles. The van der Waals surface area contributed by atoms with Gasteiger partial charge in [0.15, 0.2) is 0 Å². The topological polar surface area (TPSA) is 44.5 Å². The molecule has 0 saturated carbocycles. The number of hydrogen-bond donors (Lipinski definition) is 1. The molecule has 0 spiro atoms. The number of rotatable bonds is 2. The third kappa shape index (κ3) is 2.89. The second-order valence-electron chi connectivity index (χ2n) is 5.02. The number of nitrogens with two attached hydrogens (primary N) is 1. The highest BCUT2D eigenvalue weighted by atomic mass is 79.9. The molecule has 0 aromatic heterocycles. The van der Waals surface area contributed by atoms with Crippen molar-refractivity contribution in [3.8, 4) is 11.5 Å². The van der Waals surface area contributed by atoms with Gasteiger partial charge in [-0.05, 0) is 36.4 Å². The van der Waals surface area contributed by atoms with Crippen LogP contribution in [0, 0.1) is 0 Å². The maximum Gasteiger partial charge on any atom is 0.127 e. The quantitative estimate of drug-likeness (QED) is 0.840. The third-order valence-electron chi connectivity index (χ3n) is 3.66. The Kier molecular flexibility index (Phi) is 4.11. The maximum absolute atomic E-state index is 6.30. The minimum Gasteiger partial charge on any atom is -0.497 e. The molecule has 110 valence electrons. The summed E-state index contributed by atoms with van der Waals surface area (Å²) in [4.78, 5) is 0. The lowest BCUT2D eigenvalue weighted by Crippen LogP contribution is -2.24. The lowest BCUT2D eigenvalue weighted by atomic mass is 9.93. The zero-order chi connectivity index (χ0) is 15.0. The minimum atomic E-state index is -0.147. The second-order valence-corrected chi connectivity index (χ2v) is 6.34.